The van der Waals surface area contributed by atoms with Crippen molar-refractivity contribution in [1.29, 1.82) is 5.26 Å². The Morgan fingerprint density at radius 1 is 1.16 bits per heavy atom. The van der Waals surface area contributed by atoms with Crippen molar-refractivity contribution in [3.63, 3.8) is 0 Å². The monoisotopic (exact) mass is 515 g/mol. The summed E-state index contributed by atoms with van der Waals surface area (Å²) in [6.45, 7) is 10.2. The van der Waals surface area contributed by atoms with Gasteiger partial charge in [0.15, 0.2) is 0 Å². The number of hydrogen-bond acceptors (Lipinski definition) is 5. The Morgan fingerprint density at radius 2 is 1.84 bits per heavy atom. The van der Waals surface area contributed by atoms with Crippen molar-refractivity contribution in [2.45, 2.75) is 71.4 Å². The number of benzene rings is 2. The summed E-state index contributed by atoms with van der Waals surface area (Å²) >= 11 is 0. The molecule has 0 aliphatic rings. The molecule has 1 heterocycles. The fraction of sp³-hybridized carbons (Fsp3) is 0.400. The van der Waals surface area contributed by atoms with Crippen molar-refractivity contribution >= 4 is 11.8 Å². The van der Waals surface area contributed by atoms with Crippen LogP contribution in [0.5, 0.6) is 5.75 Å². The smallest absolute Gasteiger partial charge is 0.251 e. The average Bonchev–Trinajstić information content (AvgIpc) is 3.25. The third kappa shape index (κ3) is 7.45. The molecule has 1 aromatic heterocycles. The van der Waals surface area contributed by atoms with Crippen molar-refractivity contribution in [3.05, 3.63) is 71.2 Å². The van der Waals surface area contributed by atoms with Gasteiger partial charge < -0.3 is 20.4 Å². The molecule has 0 saturated heterocycles. The zero-order chi connectivity index (χ0) is 28.0. The van der Waals surface area contributed by atoms with E-state index in [0.29, 0.717) is 29.7 Å². The number of aryl methyl sites for hydroxylation is 1. The fourth-order valence-corrected chi connectivity index (χ4v) is 4.32. The second-order valence-electron chi connectivity index (χ2n) is 10.9. The molecular formula is C30H37N5O3. The molecule has 0 aliphatic carbocycles. The number of carbonyl (C=O) groups excluding carboxylic acids is 2. The summed E-state index contributed by atoms with van der Waals surface area (Å²) in [5, 5.41) is 12.5. The lowest BCUT2D eigenvalue weighted by Crippen LogP contribution is -2.37. The van der Waals surface area contributed by atoms with Crippen LogP contribution in [0.4, 0.5) is 0 Å². The van der Waals surface area contributed by atoms with E-state index in [1.807, 2.05) is 51.4 Å². The van der Waals surface area contributed by atoms with Crippen molar-refractivity contribution in [1.82, 2.24) is 14.9 Å². The Hall–Kier alpha value is -4.12. The minimum atomic E-state index is -0.425. The van der Waals surface area contributed by atoms with E-state index in [9.17, 15) is 14.9 Å². The molecular weight excluding hydrogens is 478 g/mol. The molecule has 3 N–H and O–H groups in total. The molecule has 1 unspecified atom stereocenters. The van der Waals surface area contributed by atoms with Crippen molar-refractivity contribution in [2.24, 2.45) is 12.8 Å². The second kappa shape index (κ2) is 12.0. The molecule has 0 saturated carbocycles. The third-order valence-electron chi connectivity index (χ3n) is 6.08. The highest BCUT2D eigenvalue weighted by Gasteiger charge is 2.21. The summed E-state index contributed by atoms with van der Waals surface area (Å²) in [5.74, 6) is 0.694. The molecule has 2 aromatic carbocycles. The van der Waals surface area contributed by atoms with E-state index < -0.39 is 5.91 Å². The molecule has 3 aromatic rings. The van der Waals surface area contributed by atoms with Crippen molar-refractivity contribution in [3.8, 4) is 23.1 Å². The third-order valence-corrected chi connectivity index (χ3v) is 6.08. The van der Waals surface area contributed by atoms with Gasteiger partial charge in [-0.05, 0) is 50.5 Å². The molecule has 0 spiro atoms. The number of carbonyl (C=O) groups is 2. The lowest BCUT2D eigenvalue weighted by molar-refractivity contribution is -0.118. The van der Waals surface area contributed by atoms with Gasteiger partial charge in [-0.3, -0.25) is 9.59 Å². The Kier molecular flexibility index (Phi) is 8.95. The predicted molar refractivity (Wildman–Crippen MR) is 148 cm³/mol. The standard InChI is InChI=1S/C30H37N5O3/c1-19(2)38-26-13-11-22(16-23(26)17-31)28(37)33-24(12-14-27(32)36)15-20-7-9-21(10-8-20)25-18-35(6)29(34-25)30(3,4)5/h7-11,13,16,18-19,24H,12,14-15H2,1-6H3,(H2,32,36)(H,33,37). The van der Waals surface area contributed by atoms with Crippen LogP contribution in [0.3, 0.4) is 0 Å². The van der Waals surface area contributed by atoms with Gasteiger partial charge in [-0.2, -0.15) is 5.26 Å². The number of nitrogens with two attached hydrogens (primary N) is 1. The van der Waals surface area contributed by atoms with E-state index in [2.05, 4.69) is 36.7 Å². The zero-order valence-corrected chi connectivity index (χ0v) is 23.0. The first-order valence-corrected chi connectivity index (χ1v) is 12.8. The van der Waals surface area contributed by atoms with Crippen LogP contribution in [0.2, 0.25) is 0 Å². The first kappa shape index (κ1) is 28.5. The van der Waals surface area contributed by atoms with Gasteiger partial charge in [0, 0.05) is 42.2 Å². The largest absolute Gasteiger partial charge is 0.490 e. The van der Waals surface area contributed by atoms with Gasteiger partial charge >= 0.3 is 0 Å². The Bertz CT molecular complexity index is 1330. The van der Waals surface area contributed by atoms with Crippen LogP contribution in [0.1, 0.15) is 74.8 Å². The minimum Gasteiger partial charge on any atom is -0.490 e. The minimum absolute atomic E-state index is 0.0609. The number of rotatable bonds is 10. The van der Waals surface area contributed by atoms with E-state index in [-0.39, 0.29) is 29.9 Å². The molecule has 3 rings (SSSR count). The highest BCUT2D eigenvalue weighted by Crippen LogP contribution is 2.26. The molecule has 1 atom stereocenters. The summed E-state index contributed by atoms with van der Waals surface area (Å²) < 4.78 is 7.70. The van der Waals surface area contributed by atoms with Gasteiger partial charge in [0.05, 0.1) is 17.4 Å². The van der Waals surface area contributed by atoms with Crippen LogP contribution < -0.4 is 15.8 Å². The molecule has 2 amide bonds. The second-order valence-corrected chi connectivity index (χ2v) is 10.9. The molecule has 200 valence electrons. The lowest BCUT2D eigenvalue weighted by Gasteiger charge is -2.19. The summed E-state index contributed by atoms with van der Waals surface area (Å²) in [6, 6.07) is 14.6. The molecule has 38 heavy (non-hydrogen) atoms. The van der Waals surface area contributed by atoms with Crippen LogP contribution in [0, 0.1) is 11.3 Å². The number of primary amides is 1. The van der Waals surface area contributed by atoms with E-state index in [1.165, 1.54) is 6.07 Å². The lowest BCUT2D eigenvalue weighted by atomic mass is 9.96. The maximum Gasteiger partial charge on any atom is 0.251 e. The molecule has 0 bridgehead atoms. The predicted octanol–water partition coefficient (Wildman–Crippen LogP) is 4.65. The number of ether oxygens (including phenoxy) is 1. The van der Waals surface area contributed by atoms with E-state index in [0.717, 1.165) is 22.6 Å². The summed E-state index contributed by atoms with van der Waals surface area (Å²) in [5.41, 5.74) is 8.88. The van der Waals surface area contributed by atoms with Crippen LogP contribution in [-0.4, -0.2) is 33.5 Å². The number of nitriles is 1. The Labute approximate surface area is 224 Å². The number of imidazole rings is 1. The number of hydrogen-bond donors (Lipinski definition) is 2. The zero-order valence-electron chi connectivity index (χ0n) is 23.0. The van der Waals surface area contributed by atoms with E-state index in [4.69, 9.17) is 15.5 Å². The first-order chi connectivity index (χ1) is 17.9. The van der Waals surface area contributed by atoms with Gasteiger partial charge in [-0.15, -0.1) is 0 Å². The van der Waals surface area contributed by atoms with Crippen LogP contribution in [-0.2, 0) is 23.7 Å². The van der Waals surface area contributed by atoms with Crippen molar-refractivity contribution < 1.29 is 14.3 Å². The highest BCUT2D eigenvalue weighted by molar-refractivity contribution is 5.95. The van der Waals surface area contributed by atoms with Gasteiger partial charge in [0.1, 0.15) is 17.6 Å². The number of nitrogens with one attached hydrogen (secondary N) is 1. The molecule has 8 nitrogen and oxygen atoms in total. The maximum absolute atomic E-state index is 13.1. The highest BCUT2D eigenvalue weighted by atomic mass is 16.5. The Balaban J connectivity index is 1.76. The fourth-order valence-electron chi connectivity index (χ4n) is 4.32. The summed E-state index contributed by atoms with van der Waals surface area (Å²) in [7, 11) is 2.00. The number of nitrogens with zero attached hydrogens (tertiary/aromatic N) is 3. The van der Waals surface area contributed by atoms with E-state index >= 15 is 0 Å². The van der Waals surface area contributed by atoms with Gasteiger partial charge in [0.25, 0.3) is 5.91 Å². The van der Waals surface area contributed by atoms with Crippen molar-refractivity contribution in [2.75, 3.05) is 0 Å². The Morgan fingerprint density at radius 3 is 2.39 bits per heavy atom. The van der Waals surface area contributed by atoms with E-state index in [1.54, 1.807) is 12.1 Å². The van der Waals surface area contributed by atoms with Gasteiger partial charge in [-0.1, -0.05) is 45.0 Å². The first-order valence-electron chi connectivity index (χ1n) is 12.8. The van der Waals surface area contributed by atoms with Crippen LogP contribution in [0.15, 0.2) is 48.7 Å². The number of aromatic nitrogens is 2. The molecule has 8 heteroatoms. The van der Waals surface area contributed by atoms with Crippen LogP contribution in [0.25, 0.3) is 11.3 Å². The van der Waals surface area contributed by atoms with Gasteiger partial charge in [0.2, 0.25) is 5.91 Å². The average molecular weight is 516 g/mol. The maximum atomic E-state index is 13.1. The molecule has 0 aliphatic heterocycles. The topological polar surface area (TPSA) is 123 Å². The SMILES string of the molecule is CC(C)Oc1ccc(C(=O)NC(CCC(N)=O)Cc2ccc(-c3cn(C)c(C(C)(C)C)n3)cc2)cc1C#N. The number of amides is 2. The summed E-state index contributed by atoms with van der Waals surface area (Å²) in [4.78, 5) is 29.4. The molecule has 0 fully saturated rings. The van der Waals surface area contributed by atoms with Crippen LogP contribution >= 0.6 is 0 Å². The molecule has 0 radical (unpaired) electrons. The quantitative estimate of drug-likeness (QED) is 0.407. The van der Waals surface area contributed by atoms with Gasteiger partial charge in [-0.25, -0.2) is 4.98 Å². The normalized spacial score (nSPS) is 12.2. The summed E-state index contributed by atoms with van der Waals surface area (Å²) in [6.07, 6.45) is 3.01.